The molecular formula is C20H26BrN3O2S. The minimum absolute atomic E-state index is 0.0425. The molecule has 0 spiro atoms. The summed E-state index contributed by atoms with van der Waals surface area (Å²) in [5, 5.41) is 12.8. The first-order chi connectivity index (χ1) is 12.9. The number of halogens is 1. The van der Waals surface area contributed by atoms with Crippen molar-refractivity contribution in [3.8, 4) is 5.75 Å². The molecule has 2 aromatic rings. The Labute approximate surface area is 173 Å². The molecule has 0 aliphatic heterocycles. The smallest absolute Gasteiger partial charge is 0.264 e. The summed E-state index contributed by atoms with van der Waals surface area (Å²) in [5.41, 5.74) is 2.16. The van der Waals surface area contributed by atoms with Crippen LogP contribution in [0.4, 0.5) is 5.13 Å². The first kappa shape index (κ1) is 20.3. The topological polar surface area (TPSA) is 64.1 Å². The third kappa shape index (κ3) is 5.29. The lowest BCUT2D eigenvalue weighted by molar-refractivity contribution is -0.118. The number of anilines is 1. The molecule has 5 nitrogen and oxygen atoms in total. The van der Waals surface area contributed by atoms with E-state index < -0.39 is 0 Å². The van der Waals surface area contributed by atoms with E-state index in [1.54, 1.807) is 0 Å². The number of aromatic nitrogens is 2. The predicted molar refractivity (Wildman–Crippen MR) is 113 cm³/mol. The van der Waals surface area contributed by atoms with Gasteiger partial charge in [-0.2, -0.15) is 0 Å². The fourth-order valence-electron chi connectivity index (χ4n) is 3.34. The lowest BCUT2D eigenvalue weighted by Gasteiger charge is -2.18. The minimum Gasteiger partial charge on any atom is -0.483 e. The molecule has 1 aliphatic rings. The van der Waals surface area contributed by atoms with Crippen molar-refractivity contribution < 1.29 is 9.53 Å². The van der Waals surface area contributed by atoms with Crippen molar-refractivity contribution in [1.29, 1.82) is 0 Å². The van der Waals surface area contributed by atoms with Gasteiger partial charge in [0.25, 0.3) is 5.91 Å². The van der Waals surface area contributed by atoms with Crippen LogP contribution >= 0.6 is 27.3 Å². The number of carbonyl (C=O) groups is 1. The molecule has 7 heteroatoms. The maximum atomic E-state index is 12.3. The molecule has 1 aromatic carbocycles. The molecule has 0 unspecified atom stereocenters. The third-order valence-electron chi connectivity index (χ3n) is 4.91. The lowest BCUT2D eigenvalue weighted by atomic mass is 9.90. The van der Waals surface area contributed by atoms with Gasteiger partial charge in [-0.1, -0.05) is 60.4 Å². The van der Waals surface area contributed by atoms with E-state index in [-0.39, 0.29) is 12.5 Å². The minimum atomic E-state index is -0.211. The van der Waals surface area contributed by atoms with Crippen molar-refractivity contribution in [2.75, 3.05) is 11.9 Å². The standard InChI is InChI=1S/C20H26BrN3O2S/c1-12(2)15-10-16(21)13(3)9-17(15)26-11-18(25)22-20-24-23-19(27-20)14-7-5-4-6-8-14/h9-10,12,14H,4-8,11H2,1-3H3,(H,22,24,25). The van der Waals surface area contributed by atoms with Crippen molar-refractivity contribution in [1.82, 2.24) is 10.2 Å². The summed E-state index contributed by atoms with van der Waals surface area (Å²) in [6, 6.07) is 4.03. The average molecular weight is 452 g/mol. The summed E-state index contributed by atoms with van der Waals surface area (Å²) < 4.78 is 6.86. The summed E-state index contributed by atoms with van der Waals surface area (Å²) in [5.74, 6) is 1.34. The van der Waals surface area contributed by atoms with Crippen molar-refractivity contribution in [3.05, 3.63) is 32.7 Å². The zero-order valence-electron chi connectivity index (χ0n) is 16.0. The van der Waals surface area contributed by atoms with Gasteiger partial charge >= 0.3 is 0 Å². The molecular weight excluding hydrogens is 426 g/mol. The number of rotatable bonds is 6. The van der Waals surface area contributed by atoms with Gasteiger partial charge in [0.1, 0.15) is 10.8 Å². The van der Waals surface area contributed by atoms with Crippen LogP contribution in [0.15, 0.2) is 16.6 Å². The Hall–Kier alpha value is -1.47. The number of ether oxygens (including phenoxy) is 1. The van der Waals surface area contributed by atoms with Crippen LogP contribution in [0.2, 0.25) is 0 Å². The van der Waals surface area contributed by atoms with Gasteiger partial charge in [0.05, 0.1) is 0 Å². The Morgan fingerprint density at radius 2 is 2.04 bits per heavy atom. The normalized spacial score (nSPS) is 15.1. The molecule has 1 heterocycles. The number of hydrogen-bond acceptors (Lipinski definition) is 5. The highest BCUT2D eigenvalue weighted by molar-refractivity contribution is 9.10. The fourth-order valence-corrected chi connectivity index (χ4v) is 4.63. The molecule has 146 valence electrons. The number of amides is 1. The maximum absolute atomic E-state index is 12.3. The van der Waals surface area contributed by atoms with Gasteiger partial charge in [0.2, 0.25) is 5.13 Å². The van der Waals surface area contributed by atoms with Gasteiger partial charge in [-0.3, -0.25) is 10.1 Å². The second-order valence-electron chi connectivity index (χ2n) is 7.41. The van der Waals surface area contributed by atoms with Crippen molar-refractivity contribution in [2.24, 2.45) is 0 Å². The average Bonchev–Trinajstić information content (AvgIpc) is 3.11. The molecule has 27 heavy (non-hydrogen) atoms. The lowest BCUT2D eigenvalue weighted by Crippen LogP contribution is -2.20. The second-order valence-corrected chi connectivity index (χ2v) is 9.27. The summed E-state index contributed by atoms with van der Waals surface area (Å²) in [6.45, 7) is 6.18. The van der Waals surface area contributed by atoms with E-state index >= 15 is 0 Å². The van der Waals surface area contributed by atoms with E-state index in [1.807, 2.05) is 13.0 Å². The van der Waals surface area contributed by atoms with Gasteiger partial charge in [-0.25, -0.2) is 0 Å². The molecule has 1 saturated carbocycles. The van der Waals surface area contributed by atoms with Crippen LogP contribution in [0.3, 0.4) is 0 Å². The molecule has 1 fully saturated rings. The number of nitrogens with one attached hydrogen (secondary N) is 1. The Balaban J connectivity index is 1.59. The molecule has 0 bridgehead atoms. The van der Waals surface area contributed by atoms with Crippen molar-refractivity contribution in [2.45, 2.75) is 64.7 Å². The molecule has 1 aromatic heterocycles. The zero-order chi connectivity index (χ0) is 19.4. The van der Waals surface area contributed by atoms with Crippen molar-refractivity contribution >= 4 is 38.3 Å². The van der Waals surface area contributed by atoms with E-state index in [0.717, 1.165) is 26.4 Å². The highest BCUT2D eigenvalue weighted by atomic mass is 79.9. The number of aryl methyl sites for hydroxylation is 1. The molecule has 0 radical (unpaired) electrons. The fraction of sp³-hybridized carbons (Fsp3) is 0.550. The zero-order valence-corrected chi connectivity index (χ0v) is 18.5. The third-order valence-corrected chi connectivity index (χ3v) is 6.77. The van der Waals surface area contributed by atoms with E-state index in [9.17, 15) is 4.79 Å². The molecule has 3 rings (SSSR count). The largest absolute Gasteiger partial charge is 0.483 e. The first-order valence-electron chi connectivity index (χ1n) is 9.50. The Kier molecular flexibility index (Phi) is 6.87. The summed E-state index contributed by atoms with van der Waals surface area (Å²) in [6.07, 6.45) is 6.17. The van der Waals surface area contributed by atoms with Crippen LogP contribution in [0.25, 0.3) is 0 Å². The van der Waals surface area contributed by atoms with Gasteiger partial charge in [-0.15, -0.1) is 10.2 Å². The molecule has 1 amide bonds. The highest BCUT2D eigenvalue weighted by Crippen LogP contribution is 2.35. The number of nitrogens with zero attached hydrogens (tertiary/aromatic N) is 2. The van der Waals surface area contributed by atoms with Crippen molar-refractivity contribution in [3.63, 3.8) is 0 Å². The van der Waals surface area contributed by atoms with E-state index in [0.29, 0.717) is 17.0 Å². The summed E-state index contributed by atoms with van der Waals surface area (Å²) >= 11 is 5.05. The van der Waals surface area contributed by atoms with E-state index in [4.69, 9.17) is 4.74 Å². The van der Waals surface area contributed by atoms with E-state index in [2.05, 4.69) is 51.4 Å². The van der Waals surface area contributed by atoms with Crippen LogP contribution < -0.4 is 10.1 Å². The Morgan fingerprint density at radius 1 is 1.30 bits per heavy atom. The Bertz CT molecular complexity index is 801. The maximum Gasteiger partial charge on any atom is 0.264 e. The molecule has 1 aliphatic carbocycles. The number of carbonyl (C=O) groups excluding carboxylic acids is 1. The van der Waals surface area contributed by atoms with Crippen LogP contribution in [0, 0.1) is 6.92 Å². The van der Waals surface area contributed by atoms with E-state index in [1.165, 1.54) is 43.4 Å². The monoisotopic (exact) mass is 451 g/mol. The Morgan fingerprint density at radius 3 is 2.74 bits per heavy atom. The van der Waals surface area contributed by atoms with Gasteiger partial charge < -0.3 is 4.74 Å². The molecule has 1 N–H and O–H groups in total. The number of hydrogen-bond donors (Lipinski definition) is 1. The van der Waals surface area contributed by atoms with Crippen LogP contribution in [-0.4, -0.2) is 22.7 Å². The predicted octanol–water partition coefficient (Wildman–Crippen LogP) is 5.80. The van der Waals surface area contributed by atoms with Crippen LogP contribution in [0.1, 0.15) is 73.9 Å². The second kappa shape index (κ2) is 9.15. The van der Waals surface area contributed by atoms with Crippen LogP contribution in [0.5, 0.6) is 5.75 Å². The van der Waals surface area contributed by atoms with Gasteiger partial charge in [0, 0.05) is 10.4 Å². The highest BCUT2D eigenvalue weighted by Gasteiger charge is 2.20. The molecule has 0 saturated heterocycles. The van der Waals surface area contributed by atoms with Gasteiger partial charge in [0.15, 0.2) is 6.61 Å². The van der Waals surface area contributed by atoms with Crippen LogP contribution in [-0.2, 0) is 4.79 Å². The SMILES string of the molecule is Cc1cc(OCC(=O)Nc2nnc(C3CCCCC3)s2)c(C(C)C)cc1Br. The molecule has 0 atom stereocenters. The number of benzene rings is 1. The summed E-state index contributed by atoms with van der Waals surface area (Å²) in [7, 11) is 0. The quantitative estimate of drug-likeness (QED) is 0.602. The van der Waals surface area contributed by atoms with Gasteiger partial charge in [-0.05, 0) is 48.9 Å². The first-order valence-corrected chi connectivity index (χ1v) is 11.1. The summed E-state index contributed by atoms with van der Waals surface area (Å²) in [4.78, 5) is 12.3.